The average molecular weight is 724 g/mol. The summed E-state index contributed by atoms with van der Waals surface area (Å²) in [6.07, 6.45) is 4.40. The predicted molar refractivity (Wildman–Crippen MR) is 196 cm³/mol. The average Bonchev–Trinajstić information content (AvgIpc) is 3.12. The van der Waals surface area contributed by atoms with Gasteiger partial charge in [0, 0.05) is 38.6 Å². The summed E-state index contributed by atoms with van der Waals surface area (Å²) in [5.41, 5.74) is 9.50. The number of esters is 1. The van der Waals surface area contributed by atoms with Gasteiger partial charge in [-0.1, -0.05) is 43.8 Å². The van der Waals surface area contributed by atoms with Gasteiger partial charge in [-0.05, 0) is 83.6 Å². The maximum Gasteiger partial charge on any atom is 0.356 e. The monoisotopic (exact) mass is 723 g/mol. The summed E-state index contributed by atoms with van der Waals surface area (Å²) in [7, 11) is 4.40. The van der Waals surface area contributed by atoms with Gasteiger partial charge < -0.3 is 10.5 Å². The topological polar surface area (TPSA) is 165 Å². The fourth-order valence-electron chi connectivity index (χ4n) is 4.63. The van der Waals surface area contributed by atoms with E-state index in [1.807, 2.05) is 12.1 Å². The van der Waals surface area contributed by atoms with Crippen LogP contribution in [0.25, 0.3) is 0 Å². The number of Topliss-reactive ketones (excluding diaryl/α,β-unsaturated/α-hetero) is 1. The molecule has 0 amide bonds. The first-order valence-corrected chi connectivity index (χ1v) is 15.7. The second-order valence-corrected chi connectivity index (χ2v) is 11.3. The Morgan fingerprint density at radius 3 is 1.62 bits per heavy atom. The zero-order valence-electron chi connectivity index (χ0n) is 28.6. The van der Waals surface area contributed by atoms with Gasteiger partial charge >= 0.3 is 5.97 Å². The number of aryl methyl sites for hydroxylation is 2. The molecule has 0 radical (unpaired) electrons. The van der Waals surface area contributed by atoms with E-state index in [4.69, 9.17) is 5.73 Å². The number of pyridine rings is 2. The van der Waals surface area contributed by atoms with Crippen LogP contribution in [0.1, 0.15) is 56.4 Å². The lowest BCUT2D eigenvalue weighted by atomic mass is 10.1. The molecular weight excluding hydrogens is 684 g/mol. The maximum absolute atomic E-state index is 13.2. The Bertz CT molecular complexity index is 2260. The molecule has 0 unspecified atom stereocenters. The first-order chi connectivity index (χ1) is 24.9. The van der Waals surface area contributed by atoms with Crippen LogP contribution < -0.4 is 16.9 Å². The van der Waals surface area contributed by atoms with E-state index in [9.17, 15) is 28.0 Å². The van der Waals surface area contributed by atoms with Crippen molar-refractivity contribution in [2.24, 2.45) is 14.1 Å². The quantitative estimate of drug-likeness (QED) is 0.168. The molecule has 4 heterocycles. The van der Waals surface area contributed by atoms with Gasteiger partial charge in [-0.2, -0.15) is 10.2 Å². The van der Waals surface area contributed by atoms with Crippen LogP contribution in [0.4, 0.5) is 14.6 Å². The number of anilines is 1. The van der Waals surface area contributed by atoms with Crippen LogP contribution in [-0.4, -0.2) is 48.4 Å². The lowest BCUT2D eigenvalue weighted by Crippen LogP contribution is -2.20. The zero-order chi connectivity index (χ0) is 37.6. The smallest absolute Gasteiger partial charge is 0.356 e. The first kappa shape index (κ1) is 40.7. The second kappa shape index (κ2) is 19.6. The number of hydrogen-bond donors (Lipinski definition) is 1. The van der Waals surface area contributed by atoms with Crippen molar-refractivity contribution < 1.29 is 23.1 Å². The molecule has 2 N–H and O–H groups in total. The van der Waals surface area contributed by atoms with Crippen LogP contribution in [-0.2, 0) is 38.1 Å². The van der Waals surface area contributed by atoms with Gasteiger partial charge in [-0.15, -0.1) is 0 Å². The van der Waals surface area contributed by atoms with Crippen molar-refractivity contribution in [1.82, 2.24) is 29.5 Å². The number of carbonyl (C=O) groups excluding carboxylic acids is 2. The minimum absolute atomic E-state index is 0. The number of ether oxygens (including phenoxy) is 1. The van der Waals surface area contributed by atoms with E-state index in [-0.39, 0.29) is 48.1 Å². The van der Waals surface area contributed by atoms with Crippen molar-refractivity contribution >= 4 is 17.6 Å². The number of carbonyl (C=O) groups is 2. The number of nitrogen functional groups attached to an aromatic ring is 1. The van der Waals surface area contributed by atoms with Crippen molar-refractivity contribution in [2.45, 2.75) is 26.7 Å². The molecule has 0 saturated carbocycles. The Morgan fingerprint density at radius 2 is 1.19 bits per heavy atom. The number of nitrogens with zero attached hydrogens (tertiary/aromatic N) is 6. The molecule has 0 bridgehead atoms. The minimum atomic E-state index is -0.465. The lowest BCUT2D eigenvalue weighted by molar-refractivity contribution is 0.0594. The predicted octanol–water partition coefficient (Wildman–Crippen LogP) is 4.93. The fourth-order valence-corrected chi connectivity index (χ4v) is 4.63. The highest BCUT2D eigenvalue weighted by Crippen LogP contribution is 2.13. The van der Waals surface area contributed by atoms with Gasteiger partial charge in [0.1, 0.15) is 28.8 Å². The molecule has 2 aromatic carbocycles. The van der Waals surface area contributed by atoms with Crippen LogP contribution in [0.2, 0.25) is 0 Å². The molecule has 0 fully saturated rings. The fraction of sp³-hybridized carbons (Fsp3) is 0.179. The van der Waals surface area contributed by atoms with Gasteiger partial charge in [0.05, 0.1) is 19.2 Å². The van der Waals surface area contributed by atoms with Gasteiger partial charge in [0.25, 0.3) is 11.1 Å². The molecule has 0 aliphatic rings. The molecule has 274 valence electrons. The maximum atomic E-state index is 13.2. The molecule has 6 aromatic rings. The highest BCUT2D eigenvalue weighted by Gasteiger charge is 2.11. The molecule has 0 aliphatic heterocycles. The van der Waals surface area contributed by atoms with Gasteiger partial charge in [-0.3, -0.25) is 19.4 Å². The number of rotatable bonds is 8. The molecule has 6 rings (SSSR count). The lowest BCUT2D eigenvalue weighted by Gasteiger charge is -2.05. The third kappa shape index (κ3) is 12.8. The normalized spacial score (nSPS) is 10.1. The van der Waals surface area contributed by atoms with Crippen LogP contribution in [0.15, 0.2) is 119 Å². The van der Waals surface area contributed by atoms with Crippen LogP contribution >= 0.6 is 0 Å². The van der Waals surface area contributed by atoms with E-state index in [2.05, 4.69) is 24.9 Å². The third-order valence-corrected chi connectivity index (χ3v) is 7.26. The Kier molecular flexibility index (Phi) is 15.1. The summed E-state index contributed by atoms with van der Waals surface area (Å²) < 4.78 is 33.2. The van der Waals surface area contributed by atoms with Crippen LogP contribution in [0.5, 0.6) is 0 Å². The van der Waals surface area contributed by atoms with E-state index in [0.717, 1.165) is 22.3 Å². The Morgan fingerprint density at radius 1 is 0.679 bits per heavy atom. The van der Waals surface area contributed by atoms with Crippen LogP contribution in [0.3, 0.4) is 0 Å². The first-order valence-electron chi connectivity index (χ1n) is 15.7. The van der Waals surface area contributed by atoms with Crippen molar-refractivity contribution in [1.29, 1.82) is 0 Å². The molecule has 53 heavy (non-hydrogen) atoms. The largest absolute Gasteiger partial charge is 0.464 e. The summed E-state index contributed by atoms with van der Waals surface area (Å²) >= 11 is 0. The third-order valence-electron chi connectivity index (χ3n) is 7.26. The summed E-state index contributed by atoms with van der Waals surface area (Å²) in [4.78, 5) is 53.6. The van der Waals surface area contributed by atoms with E-state index < -0.39 is 5.97 Å². The Hall–Kier alpha value is -6.70. The molecule has 0 atom stereocenters. The van der Waals surface area contributed by atoms with Crippen molar-refractivity contribution in [3.8, 4) is 0 Å². The van der Waals surface area contributed by atoms with Crippen LogP contribution in [0, 0.1) is 11.6 Å². The number of halogens is 2. The highest BCUT2D eigenvalue weighted by molar-refractivity contribution is 5.95. The molecule has 0 aliphatic carbocycles. The molecular formula is C39H39F2N7O5. The molecule has 0 saturated heterocycles. The van der Waals surface area contributed by atoms with Crippen molar-refractivity contribution in [3.63, 3.8) is 0 Å². The number of nitrogens with two attached hydrogens (primary N) is 1. The Balaban J connectivity index is 0.000000235. The number of methoxy groups -OCH3 is 1. The van der Waals surface area contributed by atoms with Crippen molar-refractivity contribution in [3.05, 3.63) is 181 Å². The van der Waals surface area contributed by atoms with E-state index in [0.29, 0.717) is 30.0 Å². The van der Waals surface area contributed by atoms with E-state index in [1.54, 1.807) is 61.9 Å². The van der Waals surface area contributed by atoms with E-state index >= 15 is 0 Å². The zero-order valence-corrected chi connectivity index (χ0v) is 28.6. The highest BCUT2D eigenvalue weighted by atomic mass is 19.1. The Labute approximate surface area is 304 Å². The minimum Gasteiger partial charge on any atom is -0.464 e. The standard InChI is InChI=1S/C19H16FN3O2.C14H12FNO2.C5H7N3O.CH4/c1-23-19(25)8-6-16(22-23)11-18(24)17-7-5-14(12-21-17)9-13-3-2-4-15(20)10-13;1-18-14(17)13-6-5-11(9-16-13)7-10-3-2-4-12(15)8-10;1-8-5(9)3-2-4(6)7-8;/h2-8,10,12H,9,11H2,1H3;2-6,8-9H,7H2,1H3;2-3H,1H3,(H2,6,7);1H4. The summed E-state index contributed by atoms with van der Waals surface area (Å²) in [5, 5.41) is 7.69. The molecule has 14 heteroatoms. The molecule has 12 nitrogen and oxygen atoms in total. The van der Waals surface area contributed by atoms with E-state index in [1.165, 1.54) is 66.0 Å². The molecule has 4 aromatic heterocycles. The SMILES string of the molecule is C.COC(=O)c1ccc(Cc2cccc(F)c2)cn1.Cn1nc(CC(=O)c2ccc(Cc3cccc(F)c3)cn2)ccc1=O.Cn1nc(N)ccc1=O. The van der Waals surface area contributed by atoms with Gasteiger partial charge in [0.2, 0.25) is 0 Å². The summed E-state index contributed by atoms with van der Waals surface area (Å²) in [6.45, 7) is 0. The number of benzene rings is 2. The summed E-state index contributed by atoms with van der Waals surface area (Å²) in [5.74, 6) is -0.818. The van der Waals surface area contributed by atoms with Gasteiger partial charge in [0.15, 0.2) is 5.78 Å². The molecule has 0 spiro atoms. The second-order valence-electron chi connectivity index (χ2n) is 11.3. The van der Waals surface area contributed by atoms with Gasteiger partial charge in [-0.25, -0.2) is 27.9 Å². The summed E-state index contributed by atoms with van der Waals surface area (Å²) in [6, 6.07) is 25.4. The number of aromatic nitrogens is 6. The number of hydrogen-bond acceptors (Lipinski definition) is 10. The van der Waals surface area contributed by atoms with Crippen molar-refractivity contribution in [2.75, 3.05) is 12.8 Å². The number of ketones is 1.